The van der Waals surface area contributed by atoms with E-state index in [0.29, 0.717) is 0 Å². The molecule has 0 aliphatic rings. The first-order valence-electron chi connectivity index (χ1n) is 7.10. The molecule has 1 aromatic heterocycles. The third kappa shape index (κ3) is 3.40. The molecule has 3 nitrogen and oxygen atoms in total. The van der Waals surface area contributed by atoms with Crippen LogP contribution in [0.25, 0.3) is 20.8 Å². The Kier molecular flexibility index (Phi) is 4.48. The Bertz CT molecular complexity index is 673. The van der Waals surface area contributed by atoms with Crippen LogP contribution in [0.5, 0.6) is 5.75 Å². The number of hydrogen-bond acceptors (Lipinski definition) is 4. The smallest absolute Gasteiger partial charge is 0.124 e. The molecule has 0 aliphatic heterocycles. The number of fused-ring (bicyclic) bond motifs is 1. The van der Waals surface area contributed by atoms with Crippen LogP contribution in [0.2, 0.25) is 0 Å². The molecule has 3 rings (SSSR count). The van der Waals surface area contributed by atoms with Crippen LogP contribution in [-0.4, -0.2) is 25.2 Å². The van der Waals surface area contributed by atoms with E-state index in [4.69, 9.17) is 4.74 Å². The topological polar surface area (TPSA) is 34.1 Å². The molecule has 108 valence electrons. The maximum Gasteiger partial charge on any atom is 0.124 e. The van der Waals surface area contributed by atoms with Gasteiger partial charge in [0, 0.05) is 5.56 Å². The quantitative estimate of drug-likeness (QED) is 0.700. The maximum atomic E-state index is 5.70. The van der Waals surface area contributed by atoms with Crippen LogP contribution in [-0.2, 0) is 0 Å². The highest BCUT2D eigenvalue weighted by molar-refractivity contribution is 7.21. The van der Waals surface area contributed by atoms with Crippen molar-refractivity contribution in [3.05, 3.63) is 48.5 Å². The standard InChI is InChI=1S/C17H18N2OS/c1-18-11-4-12-20-14-9-7-13(8-10-14)17-19-15-5-2-3-6-16(15)21-17/h2-3,5-10,18H,4,11-12H2,1H3. The van der Waals surface area contributed by atoms with E-state index >= 15 is 0 Å². The van der Waals surface area contributed by atoms with Gasteiger partial charge in [0.2, 0.25) is 0 Å². The first-order valence-corrected chi connectivity index (χ1v) is 7.92. The SMILES string of the molecule is CNCCCOc1ccc(-c2nc3ccccc3s2)cc1. The highest BCUT2D eigenvalue weighted by Crippen LogP contribution is 2.30. The Labute approximate surface area is 128 Å². The zero-order chi connectivity index (χ0) is 14.5. The van der Waals surface area contributed by atoms with Gasteiger partial charge in [0.1, 0.15) is 10.8 Å². The van der Waals surface area contributed by atoms with Gasteiger partial charge in [0.25, 0.3) is 0 Å². The first-order chi connectivity index (χ1) is 10.4. The second-order valence-electron chi connectivity index (χ2n) is 4.82. The fourth-order valence-corrected chi connectivity index (χ4v) is 3.10. The predicted molar refractivity (Wildman–Crippen MR) is 89.1 cm³/mol. The molecule has 0 amide bonds. The lowest BCUT2D eigenvalue weighted by molar-refractivity contribution is 0.310. The Morgan fingerprint density at radius 2 is 1.90 bits per heavy atom. The van der Waals surface area contributed by atoms with E-state index in [2.05, 4.69) is 34.6 Å². The van der Waals surface area contributed by atoms with E-state index in [1.807, 2.05) is 31.3 Å². The van der Waals surface area contributed by atoms with Crippen molar-refractivity contribution in [1.82, 2.24) is 10.3 Å². The molecule has 1 N–H and O–H groups in total. The van der Waals surface area contributed by atoms with Gasteiger partial charge in [-0.25, -0.2) is 4.98 Å². The normalized spacial score (nSPS) is 10.9. The summed E-state index contributed by atoms with van der Waals surface area (Å²) < 4.78 is 6.92. The predicted octanol–water partition coefficient (Wildman–Crippen LogP) is 3.95. The molecule has 4 heteroatoms. The van der Waals surface area contributed by atoms with Crippen LogP contribution in [0.15, 0.2) is 48.5 Å². The average molecular weight is 298 g/mol. The molecular formula is C17H18N2OS. The van der Waals surface area contributed by atoms with Gasteiger partial charge in [-0.2, -0.15) is 0 Å². The van der Waals surface area contributed by atoms with Crippen LogP contribution in [0, 0.1) is 0 Å². The molecule has 1 heterocycles. The third-order valence-corrected chi connectivity index (χ3v) is 4.32. The van der Waals surface area contributed by atoms with Crippen LogP contribution >= 0.6 is 11.3 Å². The lowest BCUT2D eigenvalue weighted by Crippen LogP contribution is -2.11. The van der Waals surface area contributed by atoms with Crippen LogP contribution in [0.1, 0.15) is 6.42 Å². The van der Waals surface area contributed by atoms with Gasteiger partial charge in [0.05, 0.1) is 16.8 Å². The number of thiazole rings is 1. The molecule has 0 saturated heterocycles. The number of ether oxygens (including phenoxy) is 1. The minimum atomic E-state index is 0.737. The average Bonchev–Trinajstić information content (AvgIpc) is 2.96. The highest BCUT2D eigenvalue weighted by atomic mass is 32.1. The highest BCUT2D eigenvalue weighted by Gasteiger charge is 2.05. The zero-order valence-electron chi connectivity index (χ0n) is 12.0. The van der Waals surface area contributed by atoms with E-state index in [0.717, 1.165) is 41.4 Å². The van der Waals surface area contributed by atoms with Gasteiger partial charge in [-0.15, -0.1) is 11.3 Å². The van der Waals surface area contributed by atoms with Crippen molar-refractivity contribution < 1.29 is 4.74 Å². The molecule has 0 bridgehead atoms. The minimum Gasteiger partial charge on any atom is -0.494 e. The number of nitrogens with one attached hydrogen (secondary N) is 1. The van der Waals surface area contributed by atoms with Gasteiger partial charge >= 0.3 is 0 Å². The molecule has 2 aromatic carbocycles. The summed E-state index contributed by atoms with van der Waals surface area (Å²) in [5, 5.41) is 4.16. The molecule has 0 atom stereocenters. The maximum absolute atomic E-state index is 5.70. The Hall–Kier alpha value is -1.91. The Morgan fingerprint density at radius 3 is 2.67 bits per heavy atom. The fourth-order valence-electron chi connectivity index (χ4n) is 2.13. The molecule has 0 unspecified atom stereocenters. The summed E-state index contributed by atoms with van der Waals surface area (Å²) in [4.78, 5) is 4.67. The van der Waals surface area contributed by atoms with Crippen LogP contribution < -0.4 is 10.1 Å². The molecular weight excluding hydrogens is 280 g/mol. The summed E-state index contributed by atoms with van der Waals surface area (Å²) in [7, 11) is 1.95. The van der Waals surface area contributed by atoms with Crippen molar-refractivity contribution in [2.75, 3.05) is 20.2 Å². The monoisotopic (exact) mass is 298 g/mol. The number of nitrogens with zero attached hydrogens (tertiary/aromatic N) is 1. The number of rotatable bonds is 6. The minimum absolute atomic E-state index is 0.737. The van der Waals surface area contributed by atoms with Crippen LogP contribution in [0.4, 0.5) is 0 Å². The Morgan fingerprint density at radius 1 is 1.10 bits per heavy atom. The molecule has 0 spiro atoms. The second-order valence-corrected chi connectivity index (χ2v) is 5.85. The number of hydrogen-bond donors (Lipinski definition) is 1. The summed E-state index contributed by atoms with van der Waals surface area (Å²) in [5.41, 5.74) is 2.20. The van der Waals surface area contributed by atoms with Gasteiger partial charge in [-0.1, -0.05) is 12.1 Å². The van der Waals surface area contributed by atoms with E-state index in [1.54, 1.807) is 11.3 Å². The molecule has 21 heavy (non-hydrogen) atoms. The Balaban J connectivity index is 1.71. The van der Waals surface area contributed by atoms with Gasteiger partial charge in [-0.05, 0) is 56.4 Å². The van der Waals surface area contributed by atoms with Gasteiger partial charge in [0.15, 0.2) is 0 Å². The van der Waals surface area contributed by atoms with E-state index in [-0.39, 0.29) is 0 Å². The van der Waals surface area contributed by atoms with E-state index < -0.39 is 0 Å². The zero-order valence-corrected chi connectivity index (χ0v) is 12.8. The second kappa shape index (κ2) is 6.70. The molecule has 3 aromatic rings. The summed E-state index contributed by atoms with van der Waals surface area (Å²) in [6.45, 7) is 1.71. The van der Waals surface area contributed by atoms with Gasteiger partial charge in [-0.3, -0.25) is 0 Å². The number of aromatic nitrogens is 1. The van der Waals surface area contributed by atoms with E-state index in [1.165, 1.54) is 4.70 Å². The summed E-state index contributed by atoms with van der Waals surface area (Å²) in [6.07, 6.45) is 1.01. The molecule has 0 aliphatic carbocycles. The molecule has 0 radical (unpaired) electrons. The van der Waals surface area contributed by atoms with E-state index in [9.17, 15) is 0 Å². The van der Waals surface area contributed by atoms with Crippen LogP contribution in [0.3, 0.4) is 0 Å². The summed E-state index contributed by atoms with van der Waals surface area (Å²) in [6, 6.07) is 16.4. The molecule has 0 fully saturated rings. The fraction of sp³-hybridized carbons (Fsp3) is 0.235. The van der Waals surface area contributed by atoms with Crippen molar-refractivity contribution in [3.63, 3.8) is 0 Å². The lowest BCUT2D eigenvalue weighted by Gasteiger charge is -2.06. The van der Waals surface area contributed by atoms with Crippen molar-refractivity contribution in [2.45, 2.75) is 6.42 Å². The largest absolute Gasteiger partial charge is 0.494 e. The molecule has 0 saturated carbocycles. The lowest BCUT2D eigenvalue weighted by atomic mass is 10.2. The summed E-state index contributed by atoms with van der Waals surface area (Å²) >= 11 is 1.72. The van der Waals surface area contributed by atoms with Crippen molar-refractivity contribution in [1.29, 1.82) is 0 Å². The third-order valence-electron chi connectivity index (χ3n) is 3.23. The first kappa shape index (κ1) is 14.0. The van der Waals surface area contributed by atoms with Crippen molar-refractivity contribution in [2.24, 2.45) is 0 Å². The van der Waals surface area contributed by atoms with Crippen molar-refractivity contribution in [3.8, 4) is 16.3 Å². The summed E-state index contributed by atoms with van der Waals surface area (Å²) in [5.74, 6) is 0.913. The van der Waals surface area contributed by atoms with Crippen molar-refractivity contribution >= 4 is 21.6 Å². The number of para-hydroxylation sites is 1. The number of benzene rings is 2. The van der Waals surface area contributed by atoms with Gasteiger partial charge < -0.3 is 10.1 Å².